The van der Waals surface area contributed by atoms with E-state index in [4.69, 9.17) is 0 Å². The summed E-state index contributed by atoms with van der Waals surface area (Å²) in [7, 11) is 0. The van der Waals surface area contributed by atoms with Gasteiger partial charge in [0.1, 0.15) is 5.41 Å². The molecule has 116 valence electrons. The first-order chi connectivity index (χ1) is 9.84. The van der Waals surface area contributed by atoms with Crippen molar-refractivity contribution in [3.8, 4) is 0 Å². The highest BCUT2D eigenvalue weighted by Gasteiger charge is 2.35. The third kappa shape index (κ3) is 5.58. The third-order valence-electron chi connectivity index (χ3n) is 3.35. The Morgan fingerprint density at radius 1 is 1.05 bits per heavy atom. The van der Waals surface area contributed by atoms with Gasteiger partial charge >= 0.3 is 0 Å². The van der Waals surface area contributed by atoms with Crippen LogP contribution in [-0.4, -0.2) is 24.9 Å². The maximum Gasteiger partial charge on any atom is 0.235 e. The Morgan fingerprint density at radius 3 is 2.19 bits per heavy atom. The highest BCUT2D eigenvalue weighted by Crippen LogP contribution is 2.15. The number of hydrogen-bond acceptors (Lipinski definition) is 2. The standard InChI is InChI=1S/C17H26N2O2/c1-13(2)12-19-16(21)17(3,4)15(20)18-11-10-14-8-6-5-7-9-14/h5-9,13H,10-12H2,1-4H3,(H,18,20)(H,19,21). The van der Waals surface area contributed by atoms with E-state index in [1.165, 1.54) is 5.56 Å². The fraction of sp³-hybridized carbons (Fsp3) is 0.529. The second-order valence-corrected chi connectivity index (χ2v) is 6.22. The first-order valence-corrected chi connectivity index (χ1v) is 7.44. The summed E-state index contributed by atoms with van der Waals surface area (Å²) >= 11 is 0. The van der Waals surface area contributed by atoms with E-state index in [2.05, 4.69) is 10.6 Å². The number of carbonyl (C=O) groups is 2. The summed E-state index contributed by atoms with van der Waals surface area (Å²) in [6.45, 7) is 8.46. The van der Waals surface area contributed by atoms with Gasteiger partial charge in [0.2, 0.25) is 11.8 Å². The van der Waals surface area contributed by atoms with Crippen LogP contribution in [0, 0.1) is 11.3 Å². The quantitative estimate of drug-likeness (QED) is 0.756. The summed E-state index contributed by atoms with van der Waals surface area (Å²) in [4.78, 5) is 24.2. The molecular formula is C17H26N2O2. The molecule has 0 atom stereocenters. The molecule has 0 aromatic heterocycles. The lowest BCUT2D eigenvalue weighted by atomic mass is 9.90. The van der Waals surface area contributed by atoms with Gasteiger partial charge in [-0.15, -0.1) is 0 Å². The van der Waals surface area contributed by atoms with Crippen molar-refractivity contribution in [1.29, 1.82) is 0 Å². The Hall–Kier alpha value is -1.84. The van der Waals surface area contributed by atoms with Crippen molar-refractivity contribution >= 4 is 11.8 Å². The van der Waals surface area contributed by atoms with Crippen LogP contribution in [0.2, 0.25) is 0 Å². The number of nitrogens with one attached hydrogen (secondary N) is 2. The fourth-order valence-electron chi connectivity index (χ4n) is 1.81. The first kappa shape index (κ1) is 17.2. The first-order valence-electron chi connectivity index (χ1n) is 7.44. The molecule has 4 heteroatoms. The molecule has 1 aromatic rings. The number of amides is 2. The Bertz CT molecular complexity index is 467. The van der Waals surface area contributed by atoms with E-state index in [0.29, 0.717) is 19.0 Å². The minimum atomic E-state index is -1.05. The zero-order chi connectivity index (χ0) is 15.9. The number of carbonyl (C=O) groups excluding carboxylic acids is 2. The molecule has 0 aliphatic heterocycles. The van der Waals surface area contributed by atoms with Crippen molar-refractivity contribution in [2.75, 3.05) is 13.1 Å². The number of hydrogen-bond donors (Lipinski definition) is 2. The summed E-state index contributed by atoms with van der Waals surface area (Å²) < 4.78 is 0. The molecule has 0 spiro atoms. The van der Waals surface area contributed by atoms with Gasteiger partial charge in [-0.05, 0) is 31.7 Å². The van der Waals surface area contributed by atoms with Crippen LogP contribution in [-0.2, 0) is 16.0 Å². The Morgan fingerprint density at radius 2 is 1.62 bits per heavy atom. The Kier molecular flexibility index (Phi) is 6.40. The molecule has 21 heavy (non-hydrogen) atoms. The van der Waals surface area contributed by atoms with E-state index < -0.39 is 5.41 Å². The molecule has 1 aromatic carbocycles. The van der Waals surface area contributed by atoms with E-state index in [-0.39, 0.29) is 11.8 Å². The number of rotatable bonds is 7. The smallest absolute Gasteiger partial charge is 0.235 e. The molecule has 0 radical (unpaired) electrons. The van der Waals surface area contributed by atoms with Gasteiger partial charge in [-0.3, -0.25) is 9.59 Å². The lowest BCUT2D eigenvalue weighted by Gasteiger charge is -2.23. The average molecular weight is 290 g/mol. The van der Waals surface area contributed by atoms with Gasteiger partial charge in [0.15, 0.2) is 0 Å². The van der Waals surface area contributed by atoms with Gasteiger partial charge in [0.25, 0.3) is 0 Å². The lowest BCUT2D eigenvalue weighted by molar-refractivity contribution is -0.141. The van der Waals surface area contributed by atoms with Gasteiger partial charge in [0.05, 0.1) is 0 Å². The van der Waals surface area contributed by atoms with Gasteiger partial charge in [0, 0.05) is 13.1 Å². The highest BCUT2D eigenvalue weighted by atomic mass is 16.2. The highest BCUT2D eigenvalue weighted by molar-refractivity contribution is 6.04. The van der Waals surface area contributed by atoms with E-state index in [9.17, 15) is 9.59 Å². The molecule has 2 amide bonds. The molecule has 0 aliphatic rings. The molecule has 2 N–H and O–H groups in total. The van der Waals surface area contributed by atoms with Crippen LogP contribution in [0.3, 0.4) is 0 Å². The Balaban J connectivity index is 2.43. The van der Waals surface area contributed by atoms with Crippen molar-refractivity contribution in [3.05, 3.63) is 35.9 Å². The van der Waals surface area contributed by atoms with Crippen molar-refractivity contribution in [2.24, 2.45) is 11.3 Å². The summed E-state index contributed by atoms with van der Waals surface area (Å²) in [6, 6.07) is 9.95. The van der Waals surface area contributed by atoms with Gasteiger partial charge in [-0.25, -0.2) is 0 Å². The average Bonchev–Trinajstić information content (AvgIpc) is 2.45. The predicted octanol–water partition coefficient (Wildman–Crippen LogP) is 2.14. The summed E-state index contributed by atoms with van der Waals surface area (Å²) in [5, 5.41) is 5.65. The van der Waals surface area contributed by atoms with Crippen LogP contribution in [0.5, 0.6) is 0 Å². The maximum atomic E-state index is 12.2. The van der Waals surface area contributed by atoms with E-state index in [1.807, 2.05) is 44.2 Å². The summed E-state index contributed by atoms with van der Waals surface area (Å²) in [5.41, 5.74) is 0.117. The van der Waals surface area contributed by atoms with E-state index in [1.54, 1.807) is 13.8 Å². The van der Waals surface area contributed by atoms with Crippen molar-refractivity contribution in [3.63, 3.8) is 0 Å². The molecule has 4 nitrogen and oxygen atoms in total. The predicted molar refractivity (Wildman–Crippen MR) is 84.8 cm³/mol. The molecule has 0 saturated heterocycles. The molecule has 1 rings (SSSR count). The monoisotopic (exact) mass is 290 g/mol. The SMILES string of the molecule is CC(C)CNC(=O)C(C)(C)C(=O)NCCc1ccccc1. The second-order valence-electron chi connectivity index (χ2n) is 6.22. The number of benzene rings is 1. The van der Waals surface area contributed by atoms with Crippen molar-refractivity contribution < 1.29 is 9.59 Å². The minimum Gasteiger partial charge on any atom is -0.355 e. The maximum absolute atomic E-state index is 12.2. The summed E-state index contributed by atoms with van der Waals surface area (Å²) in [6.07, 6.45) is 0.760. The normalized spacial score (nSPS) is 11.3. The molecule has 0 saturated carbocycles. The van der Waals surface area contributed by atoms with Crippen LogP contribution in [0.15, 0.2) is 30.3 Å². The van der Waals surface area contributed by atoms with Crippen LogP contribution < -0.4 is 10.6 Å². The fourth-order valence-corrected chi connectivity index (χ4v) is 1.81. The van der Waals surface area contributed by atoms with Crippen LogP contribution in [0.1, 0.15) is 33.3 Å². The van der Waals surface area contributed by atoms with Gasteiger partial charge < -0.3 is 10.6 Å². The molecule has 0 heterocycles. The third-order valence-corrected chi connectivity index (χ3v) is 3.35. The van der Waals surface area contributed by atoms with Gasteiger partial charge in [-0.1, -0.05) is 44.2 Å². The molecule has 0 unspecified atom stereocenters. The van der Waals surface area contributed by atoms with Crippen LogP contribution in [0.25, 0.3) is 0 Å². The topological polar surface area (TPSA) is 58.2 Å². The zero-order valence-electron chi connectivity index (χ0n) is 13.4. The van der Waals surface area contributed by atoms with Crippen LogP contribution >= 0.6 is 0 Å². The Labute approximate surface area is 127 Å². The summed E-state index contributed by atoms with van der Waals surface area (Å²) in [5.74, 6) is -0.0982. The molecule has 0 fully saturated rings. The van der Waals surface area contributed by atoms with Crippen molar-refractivity contribution in [2.45, 2.75) is 34.1 Å². The van der Waals surface area contributed by atoms with Crippen molar-refractivity contribution in [1.82, 2.24) is 10.6 Å². The molecule has 0 bridgehead atoms. The minimum absolute atomic E-state index is 0.228. The lowest BCUT2D eigenvalue weighted by Crippen LogP contribution is -2.48. The van der Waals surface area contributed by atoms with E-state index >= 15 is 0 Å². The van der Waals surface area contributed by atoms with Gasteiger partial charge in [-0.2, -0.15) is 0 Å². The van der Waals surface area contributed by atoms with E-state index in [0.717, 1.165) is 6.42 Å². The van der Waals surface area contributed by atoms with Crippen LogP contribution in [0.4, 0.5) is 0 Å². The molecular weight excluding hydrogens is 264 g/mol. The second kappa shape index (κ2) is 7.81. The zero-order valence-corrected chi connectivity index (χ0v) is 13.4. The molecule has 0 aliphatic carbocycles. The largest absolute Gasteiger partial charge is 0.355 e.